The summed E-state index contributed by atoms with van der Waals surface area (Å²) in [6.45, 7) is 6.94. The molecule has 0 amide bonds. The molecule has 108 valence electrons. The Morgan fingerprint density at radius 2 is 2.10 bits per heavy atom. The number of imidazole rings is 1. The Labute approximate surface area is 123 Å². The van der Waals surface area contributed by atoms with Crippen molar-refractivity contribution in [1.82, 2.24) is 14.9 Å². The Bertz CT molecular complexity index is 587. The van der Waals surface area contributed by atoms with Gasteiger partial charge in [0.2, 0.25) is 0 Å². The first-order valence-electron chi connectivity index (χ1n) is 6.54. The second-order valence-electron chi connectivity index (χ2n) is 5.79. The predicted molar refractivity (Wildman–Crippen MR) is 80.3 cm³/mol. The number of nitrogens with one attached hydrogen (secondary N) is 1. The maximum absolute atomic E-state index is 14.1. The van der Waals surface area contributed by atoms with Gasteiger partial charge in [0.25, 0.3) is 0 Å². The van der Waals surface area contributed by atoms with Crippen molar-refractivity contribution in [3.05, 3.63) is 42.0 Å². The first kappa shape index (κ1) is 15.1. The highest BCUT2D eigenvalue weighted by Crippen LogP contribution is 2.28. The SMILES string of the molecule is Cn1ccnc1Sc1ccc(CNC(C)(C)C)cc1F. The van der Waals surface area contributed by atoms with Crippen molar-refractivity contribution >= 4 is 11.8 Å². The molecule has 1 aromatic carbocycles. The smallest absolute Gasteiger partial charge is 0.172 e. The summed E-state index contributed by atoms with van der Waals surface area (Å²) < 4.78 is 16.0. The number of aromatic nitrogens is 2. The molecule has 0 radical (unpaired) electrons. The minimum Gasteiger partial charge on any atom is -0.329 e. The van der Waals surface area contributed by atoms with Gasteiger partial charge in [0.1, 0.15) is 5.82 Å². The third-order valence-corrected chi connectivity index (χ3v) is 3.92. The third-order valence-electron chi connectivity index (χ3n) is 2.80. The van der Waals surface area contributed by atoms with Crippen LogP contribution in [0.3, 0.4) is 0 Å². The Morgan fingerprint density at radius 1 is 1.35 bits per heavy atom. The fraction of sp³-hybridized carbons (Fsp3) is 0.400. The van der Waals surface area contributed by atoms with Gasteiger partial charge in [0.05, 0.1) is 4.90 Å². The summed E-state index contributed by atoms with van der Waals surface area (Å²) in [6.07, 6.45) is 3.56. The average Bonchev–Trinajstić information content (AvgIpc) is 2.75. The zero-order valence-corrected chi connectivity index (χ0v) is 13.1. The molecule has 2 aromatic rings. The van der Waals surface area contributed by atoms with Gasteiger partial charge >= 0.3 is 0 Å². The molecule has 0 atom stereocenters. The van der Waals surface area contributed by atoms with E-state index < -0.39 is 0 Å². The van der Waals surface area contributed by atoms with Crippen LogP contribution < -0.4 is 5.32 Å². The molecule has 20 heavy (non-hydrogen) atoms. The molecule has 5 heteroatoms. The summed E-state index contributed by atoms with van der Waals surface area (Å²) >= 11 is 1.34. The van der Waals surface area contributed by atoms with E-state index in [0.717, 1.165) is 10.7 Å². The number of nitrogens with zero attached hydrogens (tertiary/aromatic N) is 2. The van der Waals surface area contributed by atoms with E-state index in [1.807, 2.05) is 29.9 Å². The highest BCUT2D eigenvalue weighted by molar-refractivity contribution is 7.99. The fourth-order valence-electron chi connectivity index (χ4n) is 1.65. The van der Waals surface area contributed by atoms with E-state index in [1.54, 1.807) is 12.3 Å². The minimum absolute atomic E-state index is 0.0247. The van der Waals surface area contributed by atoms with Crippen molar-refractivity contribution in [2.24, 2.45) is 7.05 Å². The van der Waals surface area contributed by atoms with Crippen molar-refractivity contribution in [3.8, 4) is 0 Å². The Balaban J connectivity index is 2.08. The number of aryl methyl sites for hydroxylation is 1. The topological polar surface area (TPSA) is 29.9 Å². The average molecular weight is 293 g/mol. The third kappa shape index (κ3) is 4.08. The lowest BCUT2D eigenvalue weighted by molar-refractivity contribution is 0.423. The Kier molecular flexibility index (Phi) is 4.50. The normalized spacial score (nSPS) is 11.8. The van der Waals surface area contributed by atoms with Gasteiger partial charge in [0, 0.05) is 31.5 Å². The molecule has 0 aliphatic heterocycles. The summed E-state index contributed by atoms with van der Waals surface area (Å²) in [5, 5.41) is 4.13. The van der Waals surface area contributed by atoms with Crippen LogP contribution in [0.5, 0.6) is 0 Å². The molecule has 0 bridgehead atoms. The van der Waals surface area contributed by atoms with Crippen LogP contribution in [0.4, 0.5) is 4.39 Å². The molecular weight excluding hydrogens is 273 g/mol. The molecule has 1 N–H and O–H groups in total. The number of hydrogen-bond donors (Lipinski definition) is 1. The van der Waals surface area contributed by atoms with Gasteiger partial charge in [-0.3, -0.25) is 0 Å². The van der Waals surface area contributed by atoms with Gasteiger partial charge in [-0.2, -0.15) is 0 Å². The molecule has 0 saturated carbocycles. The summed E-state index contributed by atoms with van der Waals surface area (Å²) in [5.74, 6) is -0.203. The van der Waals surface area contributed by atoms with E-state index in [1.165, 1.54) is 11.8 Å². The van der Waals surface area contributed by atoms with Gasteiger partial charge in [-0.15, -0.1) is 0 Å². The standard InChI is InChI=1S/C15H20FN3S/c1-15(2,3)18-10-11-5-6-13(12(16)9-11)20-14-17-7-8-19(14)4/h5-9,18H,10H2,1-4H3. The highest BCUT2D eigenvalue weighted by atomic mass is 32.2. The quantitative estimate of drug-likeness (QED) is 0.934. The maximum atomic E-state index is 14.1. The summed E-state index contributed by atoms with van der Waals surface area (Å²) in [4.78, 5) is 4.79. The van der Waals surface area contributed by atoms with Crippen LogP contribution in [0.15, 0.2) is 40.6 Å². The maximum Gasteiger partial charge on any atom is 0.172 e. The van der Waals surface area contributed by atoms with E-state index in [2.05, 4.69) is 31.1 Å². The zero-order valence-electron chi connectivity index (χ0n) is 12.3. The molecule has 0 aliphatic rings. The lowest BCUT2D eigenvalue weighted by Gasteiger charge is -2.20. The van der Waals surface area contributed by atoms with Gasteiger partial charge in [-0.25, -0.2) is 9.37 Å². The molecule has 1 heterocycles. The monoisotopic (exact) mass is 293 g/mol. The molecule has 3 nitrogen and oxygen atoms in total. The molecule has 0 unspecified atom stereocenters. The molecule has 0 spiro atoms. The van der Waals surface area contributed by atoms with E-state index in [4.69, 9.17) is 0 Å². The predicted octanol–water partition coefficient (Wildman–Crippen LogP) is 3.60. The number of hydrogen-bond acceptors (Lipinski definition) is 3. The van der Waals surface area contributed by atoms with Crippen molar-refractivity contribution < 1.29 is 4.39 Å². The summed E-state index contributed by atoms with van der Waals surface area (Å²) in [5.41, 5.74) is 0.971. The molecular formula is C15H20FN3S. The van der Waals surface area contributed by atoms with Crippen molar-refractivity contribution in [2.75, 3.05) is 0 Å². The van der Waals surface area contributed by atoms with E-state index >= 15 is 0 Å². The van der Waals surface area contributed by atoms with Crippen molar-refractivity contribution in [3.63, 3.8) is 0 Å². The number of rotatable bonds is 4. The zero-order chi connectivity index (χ0) is 14.8. The molecule has 1 aromatic heterocycles. The van der Waals surface area contributed by atoms with Gasteiger partial charge < -0.3 is 9.88 Å². The summed E-state index contributed by atoms with van der Waals surface area (Å²) in [6, 6.07) is 5.35. The van der Waals surface area contributed by atoms with Crippen LogP contribution in [-0.4, -0.2) is 15.1 Å². The Morgan fingerprint density at radius 3 is 2.65 bits per heavy atom. The molecule has 0 fully saturated rings. The van der Waals surface area contributed by atoms with E-state index in [-0.39, 0.29) is 11.4 Å². The lowest BCUT2D eigenvalue weighted by atomic mass is 10.1. The second kappa shape index (κ2) is 5.97. The van der Waals surface area contributed by atoms with Crippen LogP contribution in [0.1, 0.15) is 26.3 Å². The first-order chi connectivity index (χ1) is 9.35. The Hall–Kier alpha value is -1.33. The van der Waals surface area contributed by atoms with Crippen LogP contribution in [0.25, 0.3) is 0 Å². The number of benzene rings is 1. The van der Waals surface area contributed by atoms with Crippen LogP contribution in [0, 0.1) is 5.82 Å². The van der Waals surface area contributed by atoms with Gasteiger partial charge in [-0.05, 0) is 50.2 Å². The van der Waals surface area contributed by atoms with Crippen LogP contribution in [0.2, 0.25) is 0 Å². The second-order valence-corrected chi connectivity index (χ2v) is 6.80. The molecule has 0 saturated heterocycles. The summed E-state index contributed by atoms with van der Waals surface area (Å²) in [7, 11) is 1.90. The molecule has 0 aliphatic carbocycles. The largest absolute Gasteiger partial charge is 0.329 e. The lowest BCUT2D eigenvalue weighted by Crippen LogP contribution is -2.35. The van der Waals surface area contributed by atoms with E-state index in [9.17, 15) is 4.39 Å². The highest BCUT2D eigenvalue weighted by Gasteiger charge is 2.11. The van der Waals surface area contributed by atoms with Crippen molar-refractivity contribution in [2.45, 2.75) is 42.9 Å². The first-order valence-corrected chi connectivity index (χ1v) is 7.35. The van der Waals surface area contributed by atoms with Crippen molar-refractivity contribution in [1.29, 1.82) is 0 Å². The van der Waals surface area contributed by atoms with Gasteiger partial charge in [-0.1, -0.05) is 6.07 Å². The van der Waals surface area contributed by atoms with Crippen LogP contribution >= 0.6 is 11.8 Å². The van der Waals surface area contributed by atoms with Gasteiger partial charge in [0.15, 0.2) is 5.16 Å². The number of halogens is 1. The fourth-order valence-corrected chi connectivity index (χ4v) is 2.46. The van der Waals surface area contributed by atoms with Crippen LogP contribution in [-0.2, 0) is 13.6 Å². The minimum atomic E-state index is -0.203. The van der Waals surface area contributed by atoms with E-state index in [0.29, 0.717) is 11.4 Å². The molecule has 2 rings (SSSR count).